The van der Waals surface area contributed by atoms with Crippen LogP contribution in [0, 0.1) is 5.82 Å². The predicted octanol–water partition coefficient (Wildman–Crippen LogP) is 0.686. The second-order valence-electron chi connectivity index (χ2n) is 5.04. The van der Waals surface area contributed by atoms with Crippen molar-refractivity contribution in [3.63, 3.8) is 0 Å². The number of nitrogens with two attached hydrogens (primary N) is 1. The Morgan fingerprint density at radius 2 is 2.15 bits per heavy atom. The summed E-state index contributed by atoms with van der Waals surface area (Å²) in [4.78, 5) is 13.8. The van der Waals surface area contributed by atoms with Crippen LogP contribution < -0.4 is 15.8 Å². The van der Waals surface area contributed by atoms with Crippen LogP contribution in [0.15, 0.2) is 18.2 Å². The highest BCUT2D eigenvalue weighted by Gasteiger charge is 2.38. The number of nitrogens with zero attached hydrogens (tertiary/aromatic N) is 1. The number of carbonyl (C=O) groups excluding carboxylic acids is 1. The molecule has 0 aliphatic heterocycles. The average Bonchev–Trinajstić information content (AvgIpc) is 2.37. The number of benzene rings is 1. The first kappa shape index (κ1) is 16.4. The first-order valence-corrected chi connectivity index (χ1v) is 6.35. The number of nitrogens with one attached hydrogen (secondary N) is 1. The summed E-state index contributed by atoms with van der Waals surface area (Å²) in [5, 5.41) is 3.02. The molecule has 1 aromatic rings. The van der Waals surface area contributed by atoms with E-state index in [0.29, 0.717) is 18.8 Å². The molecule has 20 heavy (non-hydrogen) atoms. The molecule has 0 aliphatic rings. The Morgan fingerprint density at radius 1 is 1.50 bits per heavy atom. The number of primary amides is 1. The van der Waals surface area contributed by atoms with Crippen LogP contribution in [0.2, 0.25) is 0 Å². The van der Waals surface area contributed by atoms with Crippen molar-refractivity contribution < 1.29 is 13.9 Å². The Kier molecular flexibility index (Phi) is 5.47. The summed E-state index contributed by atoms with van der Waals surface area (Å²) in [6.45, 7) is 2.75. The van der Waals surface area contributed by atoms with Gasteiger partial charge in [-0.05, 0) is 33.2 Å². The van der Waals surface area contributed by atoms with Crippen molar-refractivity contribution in [2.24, 2.45) is 5.73 Å². The first-order valence-electron chi connectivity index (χ1n) is 6.35. The summed E-state index contributed by atoms with van der Waals surface area (Å²) in [6, 6.07) is 4.42. The Hall–Kier alpha value is -1.66. The van der Waals surface area contributed by atoms with E-state index < -0.39 is 17.3 Å². The minimum absolute atomic E-state index is 0.133. The highest BCUT2D eigenvalue weighted by atomic mass is 19.1. The summed E-state index contributed by atoms with van der Waals surface area (Å²) in [5.74, 6) is -0.883. The topological polar surface area (TPSA) is 67.6 Å². The van der Waals surface area contributed by atoms with Crippen molar-refractivity contribution in [3.8, 4) is 5.75 Å². The molecule has 0 radical (unpaired) electrons. The minimum atomic E-state index is -1.33. The number of ether oxygens (including phenoxy) is 1. The van der Waals surface area contributed by atoms with Crippen LogP contribution in [0.5, 0.6) is 5.75 Å². The lowest BCUT2D eigenvalue weighted by atomic mass is 9.89. The van der Waals surface area contributed by atoms with Crippen molar-refractivity contribution in [1.82, 2.24) is 10.2 Å². The Morgan fingerprint density at radius 3 is 2.65 bits per heavy atom. The summed E-state index contributed by atoms with van der Waals surface area (Å²) < 4.78 is 19.3. The van der Waals surface area contributed by atoms with Gasteiger partial charge in [0.05, 0.1) is 12.7 Å². The third-order valence-corrected chi connectivity index (χ3v) is 3.23. The van der Waals surface area contributed by atoms with E-state index in [-0.39, 0.29) is 5.56 Å². The normalized spacial score (nSPS) is 14.1. The zero-order valence-corrected chi connectivity index (χ0v) is 12.4. The molecule has 6 heteroatoms. The maximum atomic E-state index is 14.1. The van der Waals surface area contributed by atoms with Crippen LogP contribution in [0.3, 0.4) is 0 Å². The summed E-state index contributed by atoms with van der Waals surface area (Å²) >= 11 is 0. The van der Waals surface area contributed by atoms with Gasteiger partial charge in [-0.15, -0.1) is 0 Å². The third-order valence-electron chi connectivity index (χ3n) is 3.23. The van der Waals surface area contributed by atoms with Gasteiger partial charge >= 0.3 is 0 Å². The SMILES string of the molecule is COc1cccc(F)c1C(C)(NCCN(C)C)C(N)=O. The quantitative estimate of drug-likeness (QED) is 0.772. The monoisotopic (exact) mass is 283 g/mol. The van der Waals surface area contributed by atoms with Crippen molar-refractivity contribution in [3.05, 3.63) is 29.6 Å². The van der Waals surface area contributed by atoms with E-state index in [9.17, 15) is 9.18 Å². The highest BCUT2D eigenvalue weighted by molar-refractivity contribution is 5.86. The van der Waals surface area contributed by atoms with Crippen molar-refractivity contribution >= 4 is 5.91 Å². The molecule has 0 saturated heterocycles. The molecule has 1 rings (SSSR count). The number of hydrogen-bond donors (Lipinski definition) is 2. The van der Waals surface area contributed by atoms with Crippen LogP contribution in [0.25, 0.3) is 0 Å². The predicted molar refractivity (Wildman–Crippen MR) is 76.1 cm³/mol. The van der Waals surface area contributed by atoms with Crippen LogP contribution in [0.4, 0.5) is 4.39 Å². The number of likely N-dealkylation sites (N-methyl/N-ethyl adjacent to an activating group) is 1. The largest absolute Gasteiger partial charge is 0.496 e. The molecule has 1 unspecified atom stereocenters. The summed E-state index contributed by atoms with van der Waals surface area (Å²) in [7, 11) is 5.25. The van der Waals surface area contributed by atoms with Crippen molar-refractivity contribution in [1.29, 1.82) is 0 Å². The Bertz CT molecular complexity index is 479. The molecule has 1 amide bonds. The fourth-order valence-electron chi connectivity index (χ4n) is 1.99. The van der Waals surface area contributed by atoms with E-state index >= 15 is 0 Å². The van der Waals surface area contributed by atoms with Gasteiger partial charge < -0.3 is 15.4 Å². The second kappa shape index (κ2) is 6.67. The van der Waals surface area contributed by atoms with Gasteiger partial charge in [0.2, 0.25) is 5.91 Å². The second-order valence-corrected chi connectivity index (χ2v) is 5.04. The molecule has 0 spiro atoms. The van der Waals surface area contributed by atoms with Crippen LogP contribution in [-0.4, -0.2) is 45.1 Å². The zero-order chi connectivity index (χ0) is 15.3. The third kappa shape index (κ3) is 3.46. The fraction of sp³-hybridized carbons (Fsp3) is 0.500. The molecule has 5 nitrogen and oxygen atoms in total. The molecule has 0 aliphatic carbocycles. The lowest BCUT2D eigenvalue weighted by molar-refractivity contribution is -0.124. The van der Waals surface area contributed by atoms with E-state index in [1.54, 1.807) is 13.0 Å². The minimum Gasteiger partial charge on any atom is -0.496 e. The van der Waals surface area contributed by atoms with Gasteiger partial charge in [-0.2, -0.15) is 0 Å². The zero-order valence-electron chi connectivity index (χ0n) is 12.4. The fourth-order valence-corrected chi connectivity index (χ4v) is 1.99. The molecule has 1 aromatic carbocycles. The van der Waals surface area contributed by atoms with Gasteiger partial charge in [0.25, 0.3) is 0 Å². The lowest BCUT2D eigenvalue weighted by Gasteiger charge is -2.30. The van der Waals surface area contributed by atoms with Gasteiger partial charge in [-0.3, -0.25) is 10.1 Å². The van der Waals surface area contributed by atoms with Crippen molar-refractivity contribution in [2.45, 2.75) is 12.5 Å². The molecule has 0 fully saturated rings. The number of halogens is 1. The number of methoxy groups -OCH3 is 1. The number of amides is 1. The number of hydrogen-bond acceptors (Lipinski definition) is 4. The lowest BCUT2D eigenvalue weighted by Crippen LogP contribution is -2.52. The maximum Gasteiger partial charge on any atom is 0.242 e. The Balaban J connectivity index is 3.16. The molecule has 0 bridgehead atoms. The van der Waals surface area contributed by atoms with E-state index in [0.717, 1.165) is 0 Å². The summed E-state index contributed by atoms with van der Waals surface area (Å²) in [6.07, 6.45) is 0. The van der Waals surface area contributed by atoms with Gasteiger partial charge in [-0.1, -0.05) is 6.07 Å². The molecule has 112 valence electrons. The standard InChI is InChI=1S/C14H22FN3O2/c1-14(13(16)19,17-8-9-18(2)3)12-10(15)6-5-7-11(12)20-4/h5-7,17H,8-9H2,1-4H3,(H2,16,19). The van der Waals surface area contributed by atoms with E-state index in [1.165, 1.54) is 19.2 Å². The Labute approximate surface area is 118 Å². The molecule has 0 heterocycles. The first-order chi connectivity index (χ1) is 9.32. The summed E-state index contributed by atoms with van der Waals surface area (Å²) in [5.41, 5.74) is 4.28. The molecule has 3 N–H and O–H groups in total. The average molecular weight is 283 g/mol. The molecular formula is C14H22FN3O2. The van der Waals surface area contributed by atoms with Crippen LogP contribution in [0.1, 0.15) is 12.5 Å². The molecule has 1 atom stereocenters. The molecule has 0 saturated carbocycles. The van der Waals surface area contributed by atoms with E-state index in [2.05, 4.69) is 5.32 Å². The number of carbonyl (C=O) groups is 1. The maximum absolute atomic E-state index is 14.1. The van der Waals surface area contributed by atoms with E-state index in [1.807, 2.05) is 19.0 Å². The number of rotatable bonds is 7. The van der Waals surface area contributed by atoms with Gasteiger partial charge in [0, 0.05) is 13.1 Å². The van der Waals surface area contributed by atoms with Crippen LogP contribution in [-0.2, 0) is 10.3 Å². The van der Waals surface area contributed by atoms with E-state index in [4.69, 9.17) is 10.5 Å². The van der Waals surface area contributed by atoms with Gasteiger partial charge in [0.1, 0.15) is 17.1 Å². The molecular weight excluding hydrogens is 261 g/mol. The smallest absolute Gasteiger partial charge is 0.242 e. The highest BCUT2D eigenvalue weighted by Crippen LogP contribution is 2.32. The molecule has 0 aromatic heterocycles. The van der Waals surface area contributed by atoms with Crippen molar-refractivity contribution in [2.75, 3.05) is 34.3 Å². The van der Waals surface area contributed by atoms with Gasteiger partial charge in [0.15, 0.2) is 0 Å². The van der Waals surface area contributed by atoms with Gasteiger partial charge in [-0.25, -0.2) is 4.39 Å². The van der Waals surface area contributed by atoms with Crippen LogP contribution >= 0.6 is 0 Å².